The summed E-state index contributed by atoms with van der Waals surface area (Å²) < 4.78 is 10.7. The van der Waals surface area contributed by atoms with E-state index in [0.717, 1.165) is 29.3 Å². The number of carbonyl (C=O) groups excluding carboxylic acids is 1. The third-order valence-electron chi connectivity index (χ3n) is 3.11. The predicted octanol–water partition coefficient (Wildman–Crippen LogP) is 3.53. The molecule has 2 aromatic carbocycles. The molecule has 2 aromatic rings. The van der Waals surface area contributed by atoms with Gasteiger partial charge in [0.1, 0.15) is 11.5 Å². The Hall–Kier alpha value is -2.69. The van der Waals surface area contributed by atoms with E-state index in [0.29, 0.717) is 6.61 Å². The fourth-order valence-corrected chi connectivity index (χ4v) is 2.00. The monoisotopic (exact) mass is 314 g/mol. The number of rotatable bonds is 8. The molecule has 0 saturated carbocycles. The highest BCUT2D eigenvalue weighted by molar-refractivity contribution is 5.93. The summed E-state index contributed by atoms with van der Waals surface area (Å²) >= 11 is 0. The molecule has 0 saturated heterocycles. The first-order valence-corrected chi connectivity index (χ1v) is 7.62. The van der Waals surface area contributed by atoms with Gasteiger partial charge in [-0.2, -0.15) is 0 Å². The molecular formula is C18H22N2O3. The van der Waals surface area contributed by atoms with Gasteiger partial charge in [-0.1, -0.05) is 19.1 Å². The van der Waals surface area contributed by atoms with Gasteiger partial charge in [0.05, 0.1) is 20.3 Å². The molecule has 0 aliphatic carbocycles. The van der Waals surface area contributed by atoms with Crippen LogP contribution in [-0.2, 0) is 4.79 Å². The first-order chi connectivity index (χ1) is 11.2. The van der Waals surface area contributed by atoms with Crippen molar-refractivity contribution in [2.24, 2.45) is 0 Å². The summed E-state index contributed by atoms with van der Waals surface area (Å²) in [7, 11) is 1.61. The summed E-state index contributed by atoms with van der Waals surface area (Å²) in [5, 5.41) is 5.91. The van der Waals surface area contributed by atoms with Crippen molar-refractivity contribution in [2.45, 2.75) is 13.3 Å². The molecule has 122 valence electrons. The Morgan fingerprint density at radius 2 is 1.74 bits per heavy atom. The van der Waals surface area contributed by atoms with Crippen LogP contribution in [0.25, 0.3) is 0 Å². The number of ether oxygens (including phenoxy) is 2. The van der Waals surface area contributed by atoms with Crippen molar-refractivity contribution in [3.63, 3.8) is 0 Å². The summed E-state index contributed by atoms with van der Waals surface area (Å²) in [6, 6.07) is 14.8. The zero-order chi connectivity index (χ0) is 16.5. The molecule has 0 bridgehead atoms. The standard InChI is InChI=1S/C18H22N2O3/c1-3-10-23-17-9-5-7-15(12-17)20-18(21)13-19-14-6-4-8-16(11-14)22-2/h4-9,11-12,19H,3,10,13H2,1-2H3,(H,20,21). The van der Waals surface area contributed by atoms with Crippen molar-refractivity contribution in [1.82, 2.24) is 0 Å². The van der Waals surface area contributed by atoms with E-state index in [4.69, 9.17) is 9.47 Å². The van der Waals surface area contributed by atoms with Gasteiger partial charge in [0.2, 0.25) is 5.91 Å². The topological polar surface area (TPSA) is 59.6 Å². The minimum absolute atomic E-state index is 0.125. The molecule has 5 heteroatoms. The number of benzene rings is 2. The smallest absolute Gasteiger partial charge is 0.243 e. The third kappa shape index (κ3) is 5.54. The van der Waals surface area contributed by atoms with Gasteiger partial charge < -0.3 is 20.1 Å². The van der Waals surface area contributed by atoms with Crippen molar-refractivity contribution in [3.05, 3.63) is 48.5 Å². The minimum Gasteiger partial charge on any atom is -0.497 e. The van der Waals surface area contributed by atoms with Crippen LogP contribution in [0.2, 0.25) is 0 Å². The van der Waals surface area contributed by atoms with E-state index >= 15 is 0 Å². The molecule has 23 heavy (non-hydrogen) atoms. The van der Waals surface area contributed by atoms with Gasteiger partial charge in [-0.25, -0.2) is 0 Å². The maximum atomic E-state index is 12.0. The van der Waals surface area contributed by atoms with E-state index in [1.807, 2.05) is 48.5 Å². The largest absolute Gasteiger partial charge is 0.497 e. The van der Waals surface area contributed by atoms with Crippen molar-refractivity contribution < 1.29 is 14.3 Å². The number of nitrogens with one attached hydrogen (secondary N) is 2. The molecule has 0 fully saturated rings. The molecule has 0 spiro atoms. The Labute approximate surface area is 136 Å². The van der Waals surface area contributed by atoms with Gasteiger partial charge in [-0.3, -0.25) is 4.79 Å². The number of hydrogen-bond donors (Lipinski definition) is 2. The highest BCUT2D eigenvalue weighted by Gasteiger charge is 2.04. The number of anilines is 2. The van der Waals surface area contributed by atoms with Crippen LogP contribution in [0.1, 0.15) is 13.3 Å². The van der Waals surface area contributed by atoms with Crippen LogP contribution in [-0.4, -0.2) is 26.2 Å². The Kier molecular flexibility index (Phi) is 6.29. The fourth-order valence-electron chi connectivity index (χ4n) is 2.00. The Bertz CT molecular complexity index is 644. The van der Waals surface area contributed by atoms with Gasteiger partial charge in [-0.15, -0.1) is 0 Å². The zero-order valence-electron chi connectivity index (χ0n) is 13.5. The molecule has 0 aliphatic heterocycles. The lowest BCUT2D eigenvalue weighted by atomic mass is 10.3. The molecule has 0 unspecified atom stereocenters. The SMILES string of the molecule is CCCOc1cccc(NC(=O)CNc2cccc(OC)c2)c1. The molecule has 0 atom stereocenters. The Balaban J connectivity index is 1.86. The van der Waals surface area contributed by atoms with Crippen molar-refractivity contribution in [2.75, 3.05) is 30.9 Å². The molecule has 0 heterocycles. The zero-order valence-corrected chi connectivity index (χ0v) is 13.5. The highest BCUT2D eigenvalue weighted by Crippen LogP contribution is 2.18. The number of methoxy groups -OCH3 is 1. The van der Waals surface area contributed by atoms with Crippen molar-refractivity contribution in [3.8, 4) is 11.5 Å². The maximum absolute atomic E-state index is 12.0. The summed E-state index contributed by atoms with van der Waals surface area (Å²) in [6.45, 7) is 2.89. The molecule has 0 radical (unpaired) electrons. The second-order valence-corrected chi connectivity index (χ2v) is 5.01. The summed E-state index contributed by atoms with van der Waals surface area (Å²) in [6.07, 6.45) is 0.945. The van der Waals surface area contributed by atoms with E-state index in [1.54, 1.807) is 7.11 Å². The Morgan fingerprint density at radius 3 is 2.48 bits per heavy atom. The van der Waals surface area contributed by atoms with Gasteiger partial charge in [-0.05, 0) is 30.7 Å². The lowest BCUT2D eigenvalue weighted by molar-refractivity contribution is -0.114. The van der Waals surface area contributed by atoms with E-state index in [9.17, 15) is 4.79 Å². The summed E-state index contributed by atoms with van der Waals surface area (Å²) in [4.78, 5) is 12.0. The van der Waals surface area contributed by atoms with Gasteiger partial charge >= 0.3 is 0 Å². The number of hydrogen-bond acceptors (Lipinski definition) is 4. The Morgan fingerprint density at radius 1 is 1.04 bits per heavy atom. The van der Waals surface area contributed by atoms with E-state index in [1.165, 1.54) is 0 Å². The maximum Gasteiger partial charge on any atom is 0.243 e. The van der Waals surface area contributed by atoms with Crippen LogP contribution in [0.3, 0.4) is 0 Å². The summed E-state index contributed by atoms with van der Waals surface area (Å²) in [5.74, 6) is 1.38. The second-order valence-electron chi connectivity index (χ2n) is 5.01. The van der Waals surface area contributed by atoms with Crippen molar-refractivity contribution in [1.29, 1.82) is 0 Å². The van der Waals surface area contributed by atoms with Crippen LogP contribution in [0.5, 0.6) is 11.5 Å². The normalized spacial score (nSPS) is 10.0. The predicted molar refractivity (Wildman–Crippen MR) is 92.3 cm³/mol. The van der Waals surface area contributed by atoms with Crippen LogP contribution < -0.4 is 20.1 Å². The van der Waals surface area contributed by atoms with Crippen molar-refractivity contribution >= 4 is 17.3 Å². The van der Waals surface area contributed by atoms with E-state index in [2.05, 4.69) is 17.6 Å². The fraction of sp³-hybridized carbons (Fsp3) is 0.278. The molecule has 1 amide bonds. The molecule has 5 nitrogen and oxygen atoms in total. The number of carbonyl (C=O) groups is 1. The number of amides is 1. The van der Waals surface area contributed by atoms with Crippen LogP contribution >= 0.6 is 0 Å². The third-order valence-corrected chi connectivity index (χ3v) is 3.11. The first-order valence-electron chi connectivity index (χ1n) is 7.62. The first kappa shape index (κ1) is 16.7. The average Bonchev–Trinajstić information content (AvgIpc) is 2.58. The van der Waals surface area contributed by atoms with Gasteiger partial charge in [0.15, 0.2) is 0 Å². The quantitative estimate of drug-likeness (QED) is 0.782. The molecule has 0 aromatic heterocycles. The lowest BCUT2D eigenvalue weighted by Crippen LogP contribution is -2.21. The lowest BCUT2D eigenvalue weighted by Gasteiger charge is -2.10. The molecule has 2 rings (SSSR count). The van der Waals surface area contributed by atoms with Crippen LogP contribution in [0, 0.1) is 0 Å². The minimum atomic E-state index is -0.125. The molecular weight excluding hydrogens is 292 g/mol. The highest BCUT2D eigenvalue weighted by atomic mass is 16.5. The average molecular weight is 314 g/mol. The van der Waals surface area contributed by atoms with Gasteiger partial charge in [0, 0.05) is 23.5 Å². The summed E-state index contributed by atoms with van der Waals surface area (Å²) in [5.41, 5.74) is 1.55. The molecule has 2 N–H and O–H groups in total. The second kappa shape index (κ2) is 8.68. The molecule has 0 aliphatic rings. The van der Waals surface area contributed by atoms with E-state index in [-0.39, 0.29) is 12.5 Å². The van der Waals surface area contributed by atoms with Gasteiger partial charge in [0.25, 0.3) is 0 Å². The van der Waals surface area contributed by atoms with Crippen LogP contribution in [0.4, 0.5) is 11.4 Å². The van der Waals surface area contributed by atoms with E-state index < -0.39 is 0 Å². The van der Waals surface area contributed by atoms with Crippen LogP contribution in [0.15, 0.2) is 48.5 Å².